The average Bonchev–Trinajstić information content (AvgIpc) is 2.50. The number of methoxy groups -OCH3 is 1. The Balaban J connectivity index is 2.73. The molecule has 0 aliphatic carbocycles. The number of carbonyl (C=O) groups is 1. The van der Waals surface area contributed by atoms with Gasteiger partial charge in [-0.2, -0.15) is 0 Å². The smallest absolute Gasteiger partial charge is 0.176 e. The summed E-state index contributed by atoms with van der Waals surface area (Å²) < 4.78 is 5.18. The van der Waals surface area contributed by atoms with Crippen LogP contribution in [0.1, 0.15) is 50.4 Å². The lowest BCUT2D eigenvalue weighted by Crippen LogP contribution is -2.37. The number of hydrogen-bond acceptors (Lipinski definition) is 3. The molecule has 0 aliphatic heterocycles. The van der Waals surface area contributed by atoms with Crippen molar-refractivity contribution in [3.63, 3.8) is 0 Å². The highest BCUT2D eigenvalue weighted by Crippen LogP contribution is 2.14. The van der Waals surface area contributed by atoms with Gasteiger partial charge in [0.25, 0.3) is 0 Å². The lowest BCUT2D eigenvalue weighted by Gasteiger charge is -2.27. The molecule has 0 radical (unpaired) electrons. The minimum absolute atomic E-state index is 0.167. The molecule has 3 heteroatoms. The summed E-state index contributed by atoms with van der Waals surface area (Å²) in [4.78, 5) is 14.7. The van der Waals surface area contributed by atoms with E-state index in [-0.39, 0.29) is 5.78 Å². The van der Waals surface area contributed by atoms with Crippen LogP contribution in [0.25, 0.3) is 0 Å². The van der Waals surface area contributed by atoms with Crippen molar-refractivity contribution in [3.05, 3.63) is 29.8 Å². The van der Waals surface area contributed by atoms with E-state index in [4.69, 9.17) is 4.74 Å². The zero-order valence-corrected chi connectivity index (χ0v) is 13.2. The van der Waals surface area contributed by atoms with Crippen molar-refractivity contribution in [2.24, 2.45) is 0 Å². The monoisotopic (exact) mass is 277 g/mol. The summed E-state index contributed by atoms with van der Waals surface area (Å²) in [6, 6.07) is 7.85. The van der Waals surface area contributed by atoms with Gasteiger partial charge in [-0.15, -0.1) is 0 Å². The van der Waals surface area contributed by atoms with E-state index in [0.717, 1.165) is 37.1 Å². The molecule has 0 saturated heterocycles. The van der Waals surface area contributed by atoms with Gasteiger partial charge in [-0.05, 0) is 38.4 Å². The third-order valence-electron chi connectivity index (χ3n) is 3.75. The minimum atomic E-state index is 0.167. The Hall–Kier alpha value is -1.35. The first-order chi connectivity index (χ1) is 9.62. The molecular formula is C17H27NO2. The average molecular weight is 277 g/mol. The van der Waals surface area contributed by atoms with Gasteiger partial charge >= 0.3 is 0 Å². The molecule has 0 amide bonds. The van der Waals surface area contributed by atoms with Crippen molar-refractivity contribution in [2.75, 3.05) is 20.2 Å². The maximum absolute atomic E-state index is 12.4. The number of unbranched alkanes of at least 4 members (excludes halogenated alkanes) is 1. The minimum Gasteiger partial charge on any atom is -0.497 e. The van der Waals surface area contributed by atoms with Crippen LogP contribution >= 0.6 is 0 Å². The van der Waals surface area contributed by atoms with E-state index in [1.807, 2.05) is 24.3 Å². The fourth-order valence-electron chi connectivity index (χ4n) is 2.15. The molecule has 0 aliphatic rings. The van der Waals surface area contributed by atoms with Crippen LogP contribution in [0.4, 0.5) is 0 Å². The molecule has 0 N–H and O–H groups in total. The Morgan fingerprint density at radius 2 is 2.10 bits per heavy atom. The third-order valence-corrected chi connectivity index (χ3v) is 3.75. The van der Waals surface area contributed by atoms with Crippen molar-refractivity contribution < 1.29 is 9.53 Å². The zero-order valence-electron chi connectivity index (χ0n) is 13.2. The Kier molecular flexibility index (Phi) is 7.31. The van der Waals surface area contributed by atoms with Gasteiger partial charge in [-0.25, -0.2) is 0 Å². The zero-order chi connectivity index (χ0) is 15.0. The number of carbonyl (C=O) groups excluding carboxylic acids is 1. The SMILES string of the molecule is CCCCN(CC(=O)c1cccc(OC)c1)C(C)CC. The molecule has 1 rings (SSSR count). The van der Waals surface area contributed by atoms with Crippen LogP contribution in [0.3, 0.4) is 0 Å². The molecule has 0 spiro atoms. The number of benzene rings is 1. The van der Waals surface area contributed by atoms with Gasteiger partial charge < -0.3 is 4.74 Å². The summed E-state index contributed by atoms with van der Waals surface area (Å²) in [6.07, 6.45) is 3.35. The summed E-state index contributed by atoms with van der Waals surface area (Å²) in [5.41, 5.74) is 0.731. The first-order valence-electron chi connectivity index (χ1n) is 7.53. The largest absolute Gasteiger partial charge is 0.497 e. The van der Waals surface area contributed by atoms with Crippen LogP contribution in [0.2, 0.25) is 0 Å². The van der Waals surface area contributed by atoms with Crippen LogP contribution < -0.4 is 4.74 Å². The summed E-state index contributed by atoms with van der Waals surface area (Å²) in [5.74, 6) is 0.903. The maximum Gasteiger partial charge on any atom is 0.176 e. The standard InChI is InChI=1S/C17H27NO2/c1-5-7-11-18(14(3)6-2)13-17(19)15-9-8-10-16(12-15)20-4/h8-10,12,14H,5-7,11,13H2,1-4H3. The fraction of sp³-hybridized carbons (Fsp3) is 0.588. The van der Waals surface area contributed by atoms with Crippen LogP contribution in [-0.2, 0) is 0 Å². The van der Waals surface area contributed by atoms with Gasteiger partial charge in [-0.1, -0.05) is 32.4 Å². The van der Waals surface area contributed by atoms with Gasteiger partial charge in [0.1, 0.15) is 5.75 Å². The molecule has 0 heterocycles. The summed E-state index contributed by atoms with van der Waals surface area (Å²) >= 11 is 0. The molecule has 0 aromatic heterocycles. The number of nitrogens with zero attached hydrogens (tertiary/aromatic N) is 1. The molecule has 112 valence electrons. The highest BCUT2D eigenvalue weighted by atomic mass is 16.5. The van der Waals surface area contributed by atoms with E-state index in [9.17, 15) is 4.79 Å². The van der Waals surface area contributed by atoms with E-state index < -0.39 is 0 Å². The highest BCUT2D eigenvalue weighted by molar-refractivity contribution is 5.97. The topological polar surface area (TPSA) is 29.5 Å². The van der Waals surface area contributed by atoms with Gasteiger partial charge in [0.15, 0.2) is 5.78 Å². The first kappa shape index (κ1) is 16.7. The Morgan fingerprint density at radius 3 is 2.70 bits per heavy atom. The van der Waals surface area contributed by atoms with Crippen molar-refractivity contribution in [3.8, 4) is 5.75 Å². The summed E-state index contributed by atoms with van der Waals surface area (Å²) in [7, 11) is 1.62. The maximum atomic E-state index is 12.4. The van der Waals surface area contributed by atoms with Crippen LogP contribution in [0.15, 0.2) is 24.3 Å². The van der Waals surface area contributed by atoms with Gasteiger partial charge in [-0.3, -0.25) is 9.69 Å². The van der Waals surface area contributed by atoms with Gasteiger partial charge in [0.2, 0.25) is 0 Å². The van der Waals surface area contributed by atoms with E-state index in [2.05, 4.69) is 25.7 Å². The lowest BCUT2D eigenvalue weighted by atomic mass is 10.1. The van der Waals surface area contributed by atoms with Crippen molar-refractivity contribution in [1.82, 2.24) is 4.90 Å². The number of ketones is 1. The lowest BCUT2D eigenvalue weighted by molar-refractivity contribution is 0.0894. The van der Waals surface area contributed by atoms with E-state index in [1.54, 1.807) is 7.11 Å². The number of Topliss-reactive ketones (excluding diaryl/α,β-unsaturated/α-hetero) is 1. The van der Waals surface area contributed by atoms with E-state index >= 15 is 0 Å². The molecular weight excluding hydrogens is 250 g/mol. The third kappa shape index (κ3) is 4.97. The van der Waals surface area contributed by atoms with Crippen LogP contribution in [-0.4, -0.2) is 36.9 Å². The number of rotatable bonds is 9. The predicted octanol–water partition coefficient (Wildman–Crippen LogP) is 3.78. The second-order valence-corrected chi connectivity index (χ2v) is 5.24. The summed E-state index contributed by atoms with van der Waals surface area (Å²) in [6.45, 7) is 8.01. The molecule has 0 saturated carbocycles. The molecule has 0 fully saturated rings. The van der Waals surface area contributed by atoms with E-state index in [0.29, 0.717) is 12.6 Å². The fourth-order valence-corrected chi connectivity index (χ4v) is 2.15. The molecule has 20 heavy (non-hydrogen) atoms. The Morgan fingerprint density at radius 1 is 1.35 bits per heavy atom. The van der Waals surface area contributed by atoms with E-state index in [1.165, 1.54) is 0 Å². The molecule has 1 aromatic carbocycles. The summed E-state index contributed by atoms with van der Waals surface area (Å²) in [5, 5.41) is 0. The quantitative estimate of drug-likeness (QED) is 0.643. The van der Waals surface area contributed by atoms with Gasteiger partial charge in [0.05, 0.1) is 13.7 Å². The molecule has 0 bridgehead atoms. The van der Waals surface area contributed by atoms with Crippen molar-refractivity contribution >= 4 is 5.78 Å². The predicted molar refractivity (Wildman–Crippen MR) is 83.6 cm³/mol. The number of hydrogen-bond donors (Lipinski definition) is 0. The molecule has 1 atom stereocenters. The first-order valence-corrected chi connectivity index (χ1v) is 7.53. The Labute approximate surface area is 122 Å². The molecule has 3 nitrogen and oxygen atoms in total. The highest BCUT2D eigenvalue weighted by Gasteiger charge is 2.16. The Bertz CT molecular complexity index is 417. The molecule has 1 unspecified atom stereocenters. The molecule has 1 aromatic rings. The second-order valence-electron chi connectivity index (χ2n) is 5.24. The van der Waals surface area contributed by atoms with Gasteiger partial charge in [0, 0.05) is 11.6 Å². The van der Waals surface area contributed by atoms with Crippen LogP contribution in [0, 0.1) is 0 Å². The van der Waals surface area contributed by atoms with Crippen LogP contribution in [0.5, 0.6) is 5.75 Å². The normalized spacial score (nSPS) is 12.4. The van der Waals surface area contributed by atoms with Crippen molar-refractivity contribution in [1.29, 1.82) is 0 Å². The second kappa shape index (κ2) is 8.75. The number of ether oxygens (including phenoxy) is 1. The van der Waals surface area contributed by atoms with Crippen molar-refractivity contribution in [2.45, 2.75) is 46.1 Å².